The predicted octanol–water partition coefficient (Wildman–Crippen LogP) is 3.65. The third-order valence-corrected chi connectivity index (χ3v) is 3.75. The molecule has 2 N–H and O–H groups in total. The van der Waals surface area contributed by atoms with Gasteiger partial charge in [-0.15, -0.1) is 0 Å². The SMILES string of the molecule is O=c1[nH]cc(Nc2cccc(Cl)c2)c2c1CCCC2. The van der Waals surface area contributed by atoms with Crippen molar-refractivity contribution in [3.8, 4) is 0 Å². The lowest BCUT2D eigenvalue weighted by Gasteiger charge is -2.19. The number of H-pyrrole nitrogens is 1. The number of fused-ring (bicyclic) bond motifs is 1. The maximum atomic E-state index is 11.8. The highest BCUT2D eigenvalue weighted by atomic mass is 35.5. The van der Waals surface area contributed by atoms with Crippen molar-refractivity contribution in [1.29, 1.82) is 0 Å². The van der Waals surface area contributed by atoms with E-state index in [0.29, 0.717) is 5.02 Å². The summed E-state index contributed by atoms with van der Waals surface area (Å²) in [5.74, 6) is 0. The van der Waals surface area contributed by atoms with Crippen LogP contribution in [0.3, 0.4) is 0 Å². The maximum Gasteiger partial charge on any atom is 0.251 e. The van der Waals surface area contributed by atoms with Gasteiger partial charge in [-0.1, -0.05) is 17.7 Å². The normalized spacial score (nSPS) is 13.9. The number of rotatable bonds is 2. The van der Waals surface area contributed by atoms with Gasteiger partial charge in [-0.3, -0.25) is 4.79 Å². The lowest BCUT2D eigenvalue weighted by atomic mass is 9.92. The number of halogens is 1. The second-order valence-corrected chi connectivity index (χ2v) is 5.27. The molecule has 0 radical (unpaired) electrons. The summed E-state index contributed by atoms with van der Waals surface area (Å²) >= 11 is 5.98. The first kappa shape index (κ1) is 12.3. The third kappa shape index (κ3) is 2.51. The number of aromatic amines is 1. The minimum Gasteiger partial charge on any atom is -0.354 e. The summed E-state index contributed by atoms with van der Waals surface area (Å²) in [6, 6.07) is 7.59. The van der Waals surface area contributed by atoms with Gasteiger partial charge in [0.1, 0.15) is 0 Å². The van der Waals surface area contributed by atoms with Gasteiger partial charge >= 0.3 is 0 Å². The minimum atomic E-state index is 0.0475. The number of pyridine rings is 1. The van der Waals surface area contributed by atoms with Crippen LogP contribution in [-0.2, 0) is 12.8 Å². The van der Waals surface area contributed by atoms with Crippen LogP contribution in [-0.4, -0.2) is 4.98 Å². The Morgan fingerprint density at radius 2 is 1.95 bits per heavy atom. The van der Waals surface area contributed by atoms with Gasteiger partial charge in [0.05, 0.1) is 5.69 Å². The minimum absolute atomic E-state index is 0.0475. The summed E-state index contributed by atoms with van der Waals surface area (Å²) in [6.07, 6.45) is 5.82. The van der Waals surface area contributed by atoms with Crippen LogP contribution in [0.1, 0.15) is 24.0 Å². The van der Waals surface area contributed by atoms with Gasteiger partial charge in [0, 0.05) is 22.5 Å². The molecule has 0 fully saturated rings. The van der Waals surface area contributed by atoms with Crippen LogP contribution in [0.15, 0.2) is 35.3 Å². The van der Waals surface area contributed by atoms with E-state index in [1.165, 1.54) is 0 Å². The molecule has 0 saturated heterocycles. The quantitative estimate of drug-likeness (QED) is 0.878. The van der Waals surface area contributed by atoms with E-state index in [0.717, 1.165) is 48.2 Å². The highest BCUT2D eigenvalue weighted by Gasteiger charge is 2.16. The highest BCUT2D eigenvalue weighted by Crippen LogP contribution is 2.28. The maximum absolute atomic E-state index is 11.8. The Morgan fingerprint density at radius 1 is 1.16 bits per heavy atom. The first-order chi connectivity index (χ1) is 9.24. The molecule has 3 rings (SSSR count). The molecule has 19 heavy (non-hydrogen) atoms. The first-order valence-corrected chi connectivity index (χ1v) is 6.88. The van der Waals surface area contributed by atoms with Crippen molar-refractivity contribution in [2.45, 2.75) is 25.7 Å². The van der Waals surface area contributed by atoms with Crippen molar-refractivity contribution in [3.63, 3.8) is 0 Å². The number of nitrogens with one attached hydrogen (secondary N) is 2. The fourth-order valence-electron chi connectivity index (χ4n) is 2.60. The van der Waals surface area contributed by atoms with Crippen LogP contribution >= 0.6 is 11.6 Å². The van der Waals surface area contributed by atoms with Crippen molar-refractivity contribution < 1.29 is 0 Å². The van der Waals surface area contributed by atoms with Crippen molar-refractivity contribution in [2.75, 3.05) is 5.32 Å². The molecule has 0 spiro atoms. The zero-order valence-corrected chi connectivity index (χ0v) is 11.3. The van der Waals surface area contributed by atoms with Crippen LogP contribution in [0.5, 0.6) is 0 Å². The molecular weight excluding hydrogens is 260 g/mol. The molecule has 1 heterocycles. The smallest absolute Gasteiger partial charge is 0.251 e. The average Bonchev–Trinajstić information content (AvgIpc) is 2.42. The van der Waals surface area contributed by atoms with Crippen LogP contribution in [0, 0.1) is 0 Å². The Balaban J connectivity index is 1.99. The topological polar surface area (TPSA) is 44.9 Å². The molecule has 98 valence electrons. The summed E-state index contributed by atoms with van der Waals surface area (Å²) in [7, 11) is 0. The lowest BCUT2D eigenvalue weighted by Crippen LogP contribution is -2.19. The fraction of sp³-hybridized carbons (Fsp3) is 0.267. The molecule has 0 aliphatic heterocycles. The molecule has 4 heteroatoms. The van der Waals surface area contributed by atoms with Crippen molar-refractivity contribution in [3.05, 3.63) is 57.0 Å². The zero-order chi connectivity index (χ0) is 13.2. The van der Waals surface area contributed by atoms with E-state index in [1.54, 1.807) is 6.20 Å². The molecule has 1 aromatic heterocycles. The first-order valence-electron chi connectivity index (χ1n) is 6.50. The predicted molar refractivity (Wildman–Crippen MR) is 78.4 cm³/mol. The monoisotopic (exact) mass is 274 g/mol. The molecule has 1 aliphatic carbocycles. The van der Waals surface area contributed by atoms with Crippen LogP contribution in [0.4, 0.5) is 11.4 Å². The summed E-state index contributed by atoms with van der Waals surface area (Å²) in [6.45, 7) is 0. The number of anilines is 2. The molecule has 0 bridgehead atoms. The van der Waals surface area contributed by atoms with E-state index < -0.39 is 0 Å². The molecule has 0 saturated carbocycles. The molecular formula is C15H15ClN2O. The molecule has 0 atom stereocenters. The van der Waals surface area contributed by atoms with Crippen molar-refractivity contribution >= 4 is 23.0 Å². The summed E-state index contributed by atoms with van der Waals surface area (Å²) in [5, 5.41) is 4.04. The Kier molecular flexibility index (Phi) is 3.30. The summed E-state index contributed by atoms with van der Waals surface area (Å²) in [5.41, 5.74) is 4.04. The van der Waals surface area contributed by atoms with Gasteiger partial charge in [0.15, 0.2) is 0 Å². The van der Waals surface area contributed by atoms with Crippen LogP contribution in [0.25, 0.3) is 0 Å². The Labute approximate surface area is 116 Å². The molecule has 2 aromatic rings. The molecule has 3 nitrogen and oxygen atoms in total. The number of aromatic nitrogens is 1. The van der Waals surface area contributed by atoms with E-state index >= 15 is 0 Å². The van der Waals surface area contributed by atoms with E-state index in [1.807, 2.05) is 24.3 Å². The third-order valence-electron chi connectivity index (χ3n) is 3.52. The van der Waals surface area contributed by atoms with Gasteiger partial charge in [0.25, 0.3) is 5.56 Å². The van der Waals surface area contributed by atoms with E-state index in [2.05, 4.69) is 10.3 Å². The van der Waals surface area contributed by atoms with E-state index in [-0.39, 0.29) is 5.56 Å². The van der Waals surface area contributed by atoms with Crippen LogP contribution < -0.4 is 10.9 Å². The fourth-order valence-corrected chi connectivity index (χ4v) is 2.79. The second-order valence-electron chi connectivity index (χ2n) is 4.83. The summed E-state index contributed by atoms with van der Waals surface area (Å²) < 4.78 is 0. The average molecular weight is 275 g/mol. The molecule has 1 aliphatic rings. The molecule has 0 unspecified atom stereocenters. The Bertz CT molecular complexity index is 663. The van der Waals surface area contributed by atoms with Crippen LogP contribution in [0.2, 0.25) is 5.02 Å². The van der Waals surface area contributed by atoms with Gasteiger partial charge in [0.2, 0.25) is 0 Å². The van der Waals surface area contributed by atoms with E-state index in [9.17, 15) is 4.79 Å². The zero-order valence-electron chi connectivity index (χ0n) is 10.5. The number of hydrogen-bond acceptors (Lipinski definition) is 2. The van der Waals surface area contributed by atoms with Gasteiger partial charge in [-0.25, -0.2) is 0 Å². The number of benzene rings is 1. The second kappa shape index (κ2) is 5.10. The standard InChI is InChI=1S/C15H15ClN2O/c16-10-4-3-5-11(8-10)18-14-9-17-15(19)13-7-2-1-6-12(13)14/h3-5,8-9,18H,1-2,6-7H2,(H,17,19). The van der Waals surface area contributed by atoms with Gasteiger partial charge in [-0.05, 0) is 49.4 Å². The summed E-state index contributed by atoms with van der Waals surface area (Å²) in [4.78, 5) is 14.6. The Morgan fingerprint density at radius 3 is 2.74 bits per heavy atom. The van der Waals surface area contributed by atoms with E-state index in [4.69, 9.17) is 11.6 Å². The van der Waals surface area contributed by atoms with Crippen molar-refractivity contribution in [2.24, 2.45) is 0 Å². The molecule has 0 amide bonds. The molecule has 1 aromatic carbocycles. The van der Waals surface area contributed by atoms with Gasteiger partial charge < -0.3 is 10.3 Å². The van der Waals surface area contributed by atoms with Gasteiger partial charge in [-0.2, -0.15) is 0 Å². The largest absolute Gasteiger partial charge is 0.354 e. The Hall–Kier alpha value is -1.74. The number of hydrogen-bond donors (Lipinski definition) is 2. The lowest BCUT2D eigenvalue weighted by molar-refractivity contribution is 0.678. The highest BCUT2D eigenvalue weighted by molar-refractivity contribution is 6.30. The van der Waals surface area contributed by atoms with Crippen molar-refractivity contribution in [1.82, 2.24) is 4.98 Å².